The van der Waals surface area contributed by atoms with Crippen LogP contribution < -0.4 is 10.2 Å². The van der Waals surface area contributed by atoms with E-state index in [0.717, 1.165) is 17.0 Å². The smallest absolute Gasteiger partial charge is 0.281 e. The topological polar surface area (TPSA) is 106 Å². The number of ether oxygens (including phenoxy) is 1. The molecule has 8 nitrogen and oxygen atoms in total. The number of ketones is 1. The fourth-order valence-electron chi connectivity index (χ4n) is 3.24. The van der Waals surface area contributed by atoms with E-state index < -0.39 is 5.91 Å². The predicted molar refractivity (Wildman–Crippen MR) is 143 cm³/mol. The molecule has 0 atom stereocenters. The molecule has 0 unspecified atom stereocenters. The Bertz CT molecular complexity index is 1490. The highest BCUT2D eigenvalue weighted by Gasteiger charge is 2.18. The van der Waals surface area contributed by atoms with Crippen LogP contribution in [0.4, 0.5) is 0 Å². The first kappa shape index (κ1) is 25.9. The van der Waals surface area contributed by atoms with Gasteiger partial charge in [-0.05, 0) is 43.7 Å². The number of aromatic nitrogens is 2. The van der Waals surface area contributed by atoms with Crippen molar-refractivity contribution in [3.63, 3.8) is 0 Å². The predicted octanol–water partition coefficient (Wildman–Crippen LogP) is 5.95. The summed E-state index contributed by atoms with van der Waals surface area (Å²) in [6.45, 7) is 3.33. The normalized spacial score (nSPS) is 11.5. The minimum atomic E-state index is -0.471. The molecule has 0 bridgehead atoms. The Hall–Kier alpha value is -3.18. The van der Waals surface area contributed by atoms with Crippen LogP contribution in [0.15, 0.2) is 46.9 Å². The van der Waals surface area contributed by atoms with Crippen molar-refractivity contribution in [2.75, 3.05) is 6.61 Å². The molecule has 4 rings (SSSR count). The summed E-state index contributed by atoms with van der Waals surface area (Å²) in [5, 5.41) is 21.5. The fraction of sp³-hybridized carbons (Fsp3) is 0.167. The molecule has 0 fully saturated rings. The summed E-state index contributed by atoms with van der Waals surface area (Å²) >= 11 is 14.4. The van der Waals surface area contributed by atoms with Crippen molar-refractivity contribution >= 4 is 63.3 Å². The largest absolute Gasteiger partial charge is 0.506 e. The van der Waals surface area contributed by atoms with Gasteiger partial charge in [0.2, 0.25) is 11.7 Å². The molecule has 1 aromatic carbocycles. The van der Waals surface area contributed by atoms with Gasteiger partial charge in [0.25, 0.3) is 5.91 Å². The summed E-state index contributed by atoms with van der Waals surface area (Å²) in [7, 11) is 1.73. The van der Waals surface area contributed by atoms with Crippen molar-refractivity contribution < 1.29 is 19.4 Å². The average molecular weight is 563 g/mol. The van der Waals surface area contributed by atoms with E-state index in [-0.39, 0.29) is 18.1 Å². The first-order valence-corrected chi connectivity index (χ1v) is 13.0. The number of aromatic hydroxyl groups is 1. The lowest BCUT2D eigenvalue weighted by Crippen LogP contribution is -2.18. The molecule has 3 heterocycles. The van der Waals surface area contributed by atoms with E-state index in [2.05, 4.69) is 15.6 Å². The molecule has 4 aromatic rings. The number of halogens is 2. The number of hydrogen-bond acceptors (Lipinski definition) is 8. The lowest BCUT2D eigenvalue weighted by molar-refractivity contribution is 0.0918. The van der Waals surface area contributed by atoms with E-state index in [0.29, 0.717) is 47.4 Å². The van der Waals surface area contributed by atoms with E-state index in [1.807, 2.05) is 6.92 Å². The Kier molecular flexibility index (Phi) is 7.79. The maximum absolute atomic E-state index is 12.6. The van der Waals surface area contributed by atoms with Gasteiger partial charge in [0.05, 0.1) is 41.6 Å². The highest BCUT2D eigenvalue weighted by atomic mass is 35.5. The molecule has 3 aromatic heterocycles. The van der Waals surface area contributed by atoms with Crippen LogP contribution in [0.5, 0.6) is 11.6 Å². The summed E-state index contributed by atoms with van der Waals surface area (Å²) in [5.74, 6) is -0.211. The maximum atomic E-state index is 12.6. The van der Waals surface area contributed by atoms with Crippen molar-refractivity contribution in [2.45, 2.75) is 13.8 Å². The summed E-state index contributed by atoms with van der Waals surface area (Å²) in [5.41, 5.74) is 4.86. The molecule has 0 saturated heterocycles. The number of thiophene rings is 2. The summed E-state index contributed by atoms with van der Waals surface area (Å²) < 4.78 is 7.08. The Labute approximate surface area is 224 Å². The average Bonchev–Trinajstić information content (AvgIpc) is 3.56. The Morgan fingerprint density at radius 3 is 2.61 bits per heavy atom. The molecular formula is C24H20Cl2N4O4S2. The van der Waals surface area contributed by atoms with Gasteiger partial charge in [0.15, 0.2) is 6.61 Å². The van der Waals surface area contributed by atoms with Crippen LogP contribution in [-0.2, 0) is 7.05 Å². The van der Waals surface area contributed by atoms with E-state index in [1.165, 1.54) is 11.3 Å². The molecule has 0 radical (unpaired) electrons. The maximum Gasteiger partial charge on any atom is 0.281 e. The van der Waals surface area contributed by atoms with Gasteiger partial charge in [-0.3, -0.25) is 9.59 Å². The van der Waals surface area contributed by atoms with Crippen LogP contribution in [0.1, 0.15) is 37.5 Å². The van der Waals surface area contributed by atoms with Gasteiger partial charge in [-0.2, -0.15) is 10.2 Å². The van der Waals surface area contributed by atoms with E-state index in [1.54, 1.807) is 60.4 Å². The summed E-state index contributed by atoms with van der Waals surface area (Å²) in [4.78, 5) is 26.4. The van der Waals surface area contributed by atoms with Crippen LogP contribution >= 0.6 is 45.9 Å². The third-order valence-electron chi connectivity index (χ3n) is 5.08. The zero-order chi connectivity index (χ0) is 26.0. The van der Waals surface area contributed by atoms with Gasteiger partial charge in [0.1, 0.15) is 5.75 Å². The van der Waals surface area contributed by atoms with Crippen LogP contribution in [0.3, 0.4) is 0 Å². The van der Waals surface area contributed by atoms with E-state index >= 15 is 0 Å². The number of nitrogens with one attached hydrogen (secondary N) is 1. The molecule has 0 aliphatic heterocycles. The Morgan fingerprint density at radius 1 is 1.17 bits per heavy atom. The quantitative estimate of drug-likeness (QED) is 0.157. The van der Waals surface area contributed by atoms with Crippen molar-refractivity contribution in [3.05, 3.63) is 72.8 Å². The molecule has 0 aliphatic rings. The fourth-order valence-corrected chi connectivity index (χ4v) is 5.36. The number of rotatable bonds is 8. The van der Waals surface area contributed by atoms with Gasteiger partial charge in [-0.15, -0.1) is 22.7 Å². The van der Waals surface area contributed by atoms with Crippen molar-refractivity contribution in [3.8, 4) is 22.1 Å². The highest BCUT2D eigenvalue weighted by Crippen LogP contribution is 2.40. The lowest BCUT2D eigenvalue weighted by atomic mass is 10.1. The number of hydrazone groups is 1. The van der Waals surface area contributed by atoms with Gasteiger partial charge in [-0.1, -0.05) is 29.3 Å². The number of aryl methyl sites for hydroxylation is 2. The van der Waals surface area contributed by atoms with Crippen LogP contribution in [0.2, 0.25) is 10.0 Å². The monoisotopic (exact) mass is 562 g/mol. The number of hydrogen-bond donors (Lipinski definition) is 2. The Morgan fingerprint density at radius 2 is 1.92 bits per heavy atom. The third-order valence-corrected chi connectivity index (χ3v) is 7.96. The molecule has 36 heavy (non-hydrogen) atoms. The summed E-state index contributed by atoms with van der Waals surface area (Å²) in [6.07, 6.45) is 0. The second-order valence-electron chi connectivity index (χ2n) is 7.72. The van der Waals surface area contributed by atoms with Gasteiger partial charge < -0.3 is 9.84 Å². The number of benzene rings is 1. The second-order valence-corrected chi connectivity index (χ2v) is 10.5. The molecule has 0 saturated carbocycles. The molecule has 0 spiro atoms. The molecule has 1 amide bonds. The number of amides is 1. The summed E-state index contributed by atoms with van der Waals surface area (Å²) in [6, 6.07) is 9.95. The number of nitrogens with zero attached hydrogens (tertiary/aromatic N) is 3. The van der Waals surface area contributed by atoms with Gasteiger partial charge in [-0.25, -0.2) is 10.1 Å². The minimum Gasteiger partial charge on any atom is -0.506 e. The zero-order valence-electron chi connectivity index (χ0n) is 19.3. The molecule has 186 valence electrons. The van der Waals surface area contributed by atoms with Gasteiger partial charge >= 0.3 is 0 Å². The van der Waals surface area contributed by atoms with Crippen molar-refractivity contribution in [1.29, 1.82) is 0 Å². The minimum absolute atomic E-state index is 0.0292. The zero-order valence-corrected chi connectivity index (χ0v) is 22.5. The second kappa shape index (κ2) is 10.8. The number of carbonyl (C=O) groups excluding carboxylic acids is 2. The molecule has 0 aliphatic carbocycles. The first-order valence-electron chi connectivity index (χ1n) is 10.5. The highest BCUT2D eigenvalue weighted by molar-refractivity contribution is 7.16. The van der Waals surface area contributed by atoms with Crippen LogP contribution in [0, 0.1) is 6.92 Å². The van der Waals surface area contributed by atoms with Crippen LogP contribution in [0.25, 0.3) is 10.4 Å². The third kappa shape index (κ3) is 5.62. The standard InChI is InChI=1S/C24H20Cl2N4O4S2/c1-12-8-21(30(3)29-12)34-10-18(31)19-6-7-20(36-19)24(33)28-27-13(2)15-11-35-23(22(15)32)14-4-5-16(25)17(26)9-14/h4-9,11,32H,10H2,1-3H3,(H,28,33)/b27-13+. The Balaban J connectivity index is 1.40. The molecule has 2 N–H and O–H groups in total. The van der Waals surface area contributed by atoms with Gasteiger partial charge in [0, 0.05) is 18.5 Å². The van der Waals surface area contributed by atoms with Crippen molar-refractivity contribution in [2.24, 2.45) is 12.1 Å². The SMILES string of the molecule is C/C(=N\NC(=O)c1ccc(C(=O)COc2cc(C)nn2C)s1)c1csc(-c2ccc(Cl)c(Cl)c2)c1O. The molecule has 12 heteroatoms. The lowest BCUT2D eigenvalue weighted by Gasteiger charge is -2.04. The van der Waals surface area contributed by atoms with E-state index in [9.17, 15) is 14.7 Å². The first-order chi connectivity index (χ1) is 17.1. The van der Waals surface area contributed by atoms with Crippen molar-refractivity contribution in [1.82, 2.24) is 15.2 Å². The number of carbonyl (C=O) groups is 2. The number of Topliss-reactive ketones (excluding diaryl/α,β-unsaturated/α-hetero) is 1. The van der Waals surface area contributed by atoms with E-state index in [4.69, 9.17) is 27.9 Å². The van der Waals surface area contributed by atoms with Crippen LogP contribution in [-0.4, -0.2) is 38.9 Å². The molecular weight excluding hydrogens is 543 g/mol.